The number of likely N-dealkylation sites (tertiary alicyclic amines) is 1. The zero-order chi connectivity index (χ0) is 21.1. The van der Waals surface area contributed by atoms with Crippen molar-refractivity contribution in [2.24, 2.45) is 5.73 Å². The number of carboxylic acids is 1. The van der Waals surface area contributed by atoms with Crippen LogP contribution in [0, 0.1) is 0 Å². The maximum Gasteiger partial charge on any atom is 0.312 e. The van der Waals surface area contributed by atoms with Gasteiger partial charge in [0, 0.05) is 47.8 Å². The molecule has 1 aromatic heterocycles. The van der Waals surface area contributed by atoms with Crippen molar-refractivity contribution in [3.63, 3.8) is 0 Å². The number of carbonyl (C=O) groups excluding carboxylic acids is 1. The number of carbonyl (C=O) groups is 2. The third-order valence-corrected chi connectivity index (χ3v) is 6.54. The van der Waals surface area contributed by atoms with Crippen LogP contribution in [-0.4, -0.2) is 48.2 Å². The SMILES string of the molecule is NC(=O)NCCN1CCC(=C2c3cc(CC(=O)O)ccc3OCc3ccsc32)CC1. The largest absolute Gasteiger partial charge is 0.488 e. The lowest BCUT2D eigenvalue weighted by Gasteiger charge is -2.30. The first-order valence-electron chi connectivity index (χ1n) is 10.0. The van der Waals surface area contributed by atoms with Crippen molar-refractivity contribution in [1.82, 2.24) is 10.2 Å². The van der Waals surface area contributed by atoms with E-state index in [1.165, 1.54) is 21.6 Å². The summed E-state index contributed by atoms with van der Waals surface area (Å²) in [6.45, 7) is 3.66. The Morgan fingerprint density at radius 1 is 1.23 bits per heavy atom. The smallest absolute Gasteiger partial charge is 0.312 e. The highest BCUT2D eigenvalue weighted by Crippen LogP contribution is 2.43. The summed E-state index contributed by atoms with van der Waals surface area (Å²) in [6.07, 6.45) is 1.84. The van der Waals surface area contributed by atoms with E-state index in [4.69, 9.17) is 10.5 Å². The van der Waals surface area contributed by atoms with E-state index in [2.05, 4.69) is 21.7 Å². The predicted octanol–water partition coefficient (Wildman–Crippen LogP) is 2.83. The van der Waals surface area contributed by atoms with Crippen LogP contribution in [0.3, 0.4) is 0 Å². The van der Waals surface area contributed by atoms with E-state index in [9.17, 15) is 14.7 Å². The number of amides is 2. The van der Waals surface area contributed by atoms with Gasteiger partial charge in [0.1, 0.15) is 12.4 Å². The Morgan fingerprint density at radius 2 is 2.03 bits per heavy atom. The number of benzene rings is 1. The quantitative estimate of drug-likeness (QED) is 0.681. The van der Waals surface area contributed by atoms with Crippen molar-refractivity contribution in [3.8, 4) is 5.75 Å². The molecule has 0 unspecified atom stereocenters. The Labute approximate surface area is 179 Å². The summed E-state index contributed by atoms with van der Waals surface area (Å²) in [6, 6.07) is 7.32. The number of aliphatic carboxylic acids is 1. The maximum absolute atomic E-state index is 11.2. The molecule has 2 amide bonds. The second-order valence-electron chi connectivity index (χ2n) is 7.58. The fourth-order valence-electron chi connectivity index (χ4n) is 4.11. The van der Waals surface area contributed by atoms with Crippen molar-refractivity contribution < 1.29 is 19.4 Å². The highest BCUT2D eigenvalue weighted by molar-refractivity contribution is 7.11. The maximum atomic E-state index is 11.2. The van der Waals surface area contributed by atoms with Crippen LogP contribution in [0.5, 0.6) is 5.75 Å². The monoisotopic (exact) mass is 427 g/mol. The van der Waals surface area contributed by atoms with Crippen molar-refractivity contribution in [1.29, 1.82) is 0 Å². The zero-order valence-electron chi connectivity index (χ0n) is 16.6. The van der Waals surface area contributed by atoms with Crippen LogP contribution in [0.4, 0.5) is 4.79 Å². The normalized spacial score (nSPS) is 16.3. The molecule has 0 saturated carbocycles. The third-order valence-electron chi connectivity index (χ3n) is 5.57. The van der Waals surface area contributed by atoms with Gasteiger partial charge >= 0.3 is 12.0 Å². The summed E-state index contributed by atoms with van der Waals surface area (Å²) in [5, 5.41) is 14.0. The minimum absolute atomic E-state index is 0.00612. The van der Waals surface area contributed by atoms with Gasteiger partial charge in [-0.25, -0.2) is 4.79 Å². The summed E-state index contributed by atoms with van der Waals surface area (Å²) in [5.41, 5.74) is 10.7. The van der Waals surface area contributed by atoms with Gasteiger partial charge in [0.2, 0.25) is 0 Å². The van der Waals surface area contributed by atoms with Gasteiger partial charge in [0.15, 0.2) is 0 Å². The predicted molar refractivity (Wildman–Crippen MR) is 116 cm³/mol. The molecular formula is C22H25N3O4S. The summed E-state index contributed by atoms with van der Waals surface area (Å²) < 4.78 is 6.07. The third kappa shape index (κ3) is 4.49. The van der Waals surface area contributed by atoms with E-state index in [1.807, 2.05) is 18.2 Å². The minimum Gasteiger partial charge on any atom is -0.488 e. The molecular weight excluding hydrogens is 402 g/mol. The first kappa shape index (κ1) is 20.4. The molecule has 30 heavy (non-hydrogen) atoms. The van der Waals surface area contributed by atoms with Crippen LogP contribution >= 0.6 is 11.3 Å². The topological polar surface area (TPSA) is 105 Å². The summed E-state index contributed by atoms with van der Waals surface area (Å²) in [5.74, 6) is -0.0310. The molecule has 2 aliphatic rings. The zero-order valence-corrected chi connectivity index (χ0v) is 17.5. The van der Waals surface area contributed by atoms with Crippen LogP contribution in [0.25, 0.3) is 5.57 Å². The van der Waals surface area contributed by atoms with Crippen LogP contribution < -0.4 is 15.8 Å². The second kappa shape index (κ2) is 8.89. The number of thiophene rings is 1. The van der Waals surface area contributed by atoms with Gasteiger partial charge in [-0.2, -0.15) is 0 Å². The summed E-state index contributed by atoms with van der Waals surface area (Å²) in [7, 11) is 0. The number of hydrogen-bond donors (Lipinski definition) is 3. The number of rotatable bonds is 5. The number of carboxylic acid groups (broad SMARTS) is 1. The molecule has 8 heteroatoms. The molecule has 158 valence electrons. The number of fused-ring (bicyclic) bond motifs is 2. The second-order valence-corrected chi connectivity index (χ2v) is 8.49. The van der Waals surface area contributed by atoms with Crippen LogP contribution in [-0.2, 0) is 17.8 Å². The fraction of sp³-hybridized carbons (Fsp3) is 0.364. The number of hydrogen-bond acceptors (Lipinski definition) is 5. The van der Waals surface area contributed by atoms with Gasteiger partial charge in [-0.15, -0.1) is 11.3 Å². The molecule has 4 N–H and O–H groups in total. The Morgan fingerprint density at radius 3 is 2.77 bits per heavy atom. The van der Waals surface area contributed by atoms with Crippen molar-refractivity contribution in [2.75, 3.05) is 26.2 Å². The molecule has 0 bridgehead atoms. The van der Waals surface area contributed by atoms with E-state index in [0.717, 1.165) is 49.4 Å². The van der Waals surface area contributed by atoms with Gasteiger partial charge in [0.25, 0.3) is 0 Å². The molecule has 1 fully saturated rings. The van der Waals surface area contributed by atoms with Crippen molar-refractivity contribution >= 4 is 28.9 Å². The Bertz CT molecular complexity index is 988. The first-order valence-corrected chi connectivity index (χ1v) is 10.9. The molecule has 1 saturated heterocycles. The highest BCUT2D eigenvalue weighted by Gasteiger charge is 2.26. The fourth-order valence-corrected chi connectivity index (χ4v) is 5.13. The van der Waals surface area contributed by atoms with E-state index < -0.39 is 12.0 Å². The number of nitrogens with two attached hydrogens (primary N) is 1. The van der Waals surface area contributed by atoms with Crippen molar-refractivity contribution in [2.45, 2.75) is 25.9 Å². The molecule has 7 nitrogen and oxygen atoms in total. The van der Waals surface area contributed by atoms with Gasteiger partial charge in [-0.3, -0.25) is 4.79 Å². The lowest BCUT2D eigenvalue weighted by Crippen LogP contribution is -2.39. The molecule has 1 aromatic carbocycles. The van der Waals surface area contributed by atoms with Gasteiger partial charge in [-0.1, -0.05) is 11.6 Å². The summed E-state index contributed by atoms with van der Waals surface area (Å²) in [4.78, 5) is 25.6. The molecule has 0 aliphatic carbocycles. The van der Waals surface area contributed by atoms with Crippen LogP contribution in [0.15, 0.2) is 35.2 Å². The number of nitrogens with one attached hydrogen (secondary N) is 1. The summed E-state index contributed by atoms with van der Waals surface area (Å²) >= 11 is 1.71. The van der Waals surface area contributed by atoms with Gasteiger partial charge < -0.3 is 25.8 Å². The van der Waals surface area contributed by atoms with E-state index in [0.29, 0.717) is 13.2 Å². The Balaban J connectivity index is 1.64. The van der Waals surface area contributed by atoms with Crippen LogP contribution in [0.1, 0.15) is 34.4 Å². The molecule has 3 heterocycles. The molecule has 0 spiro atoms. The standard InChI is InChI=1S/C22H25N3O4S/c23-22(28)24-6-9-25-7-3-15(4-8-25)20-17-11-14(12-19(26)27)1-2-18(17)29-13-16-5-10-30-21(16)20/h1-2,5,10-11H,3-4,6-9,12-13H2,(H,26,27)(H3,23,24,28). The lowest BCUT2D eigenvalue weighted by atomic mass is 9.90. The number of nitrogens with zero attached hydrogens (tertiary/aromatic N) is 1. The molecule has 2 aromatic rings. The lowest BCUT2D eigenvalue weighted by molar-refractivity contribution is -0.136. The number of urea groups is 1. The molecule has 4 rings (SSSR count). The number of ether oxygens (including phenoxy) is 1. The average molecular weight is 428 g/mol. The van der Waals surface area contributed by atoms with E-state index >= 15 is 0 Å². The molecule has 0 atom stereocenters. The van der Waals surface area contributed by atoms with E-state index in [-0.39, 0.29) is 6.42 Å². The van der Waals surface area contributed by atoms with E-state index in [1.54, 1.807) is 11.3 Å². The highest BCUT2D eigenvalue weighted by atomic mass is 32.1. The van der Waals surface area contributed by atoms with Crippen molar-refractivity contribution in [3.05, 3.63) is 56.8 Å². The minimum atomic E-state index is -0.839. The first-order chi connectivity index (χ1) is 14.5. The average Bonchev–Trinajstić information content (AvgIpc) is 3.10. The van der Waals surface area contributed by atoms with Gasteiger partial charge in [-0.05, 0) is 42.0 Å². The molecule has 2 aliphatic heterocycles. The molecule has 0 radical (unpaired) electrons. The number of primary amides is 1. The van der Waals surface area contributed by atoms with Gasteiger partial charge in [0.05, 0.1) is 6.42 Å². The Kier molecular flexibility index (Phi) is 6.06. The number of piperidine rings is 1. The van der Waals surface area contributed by atoms with Crippen LogP contribution in [0.2, 0.25) is 0 Å². The Hall–Kier alpha value is -2.84.